The summed E-state index contributed by atoms with van der Waals surface area (Å²) in [6.07, 6.45) is 1.50. The zero-order valence-electron chi connectivity index (χ0n) is 17.4. The lowest BCUT2D eigenvalue weighted by Crippen LogP contribution is -2.45. The number of ether oxygens (including phenoxy) is 1. The molecule has 2 N–H and O–H groups in total. The first-order chi connectivity index (χ1) is 13.9. The first-order valence-electron chi connectivity index (χ1n) is 9.94. The van der Waals surface area contributed by atoms with Crippen molar-refractivity contribution in [2.24, 2.45) is 4.99 Å². The fourth-order valence-electron chi connectivity index (χ4n) is 3.03. The number of amides is 1. The van der Waals surface area contributed by atoms with Crippen LogP contribution in [0.1, 0.15) is 19.8 Å². The van der Waals surface area contributed by atoms with Crippen LogP contribution in [0.4, 0.5) is 14.5 Å². The molecule has 0 aliphatic carbocycles. The fourth-order valence-corrected chi connectivity index (χ4v) is 3.03. The van der Waals surface area contributed by atoms with Crippen LogP contribution in [-0.2, 0) is 9.53 Å². The van der Waals surface area contributed by atoms with Gasteiger partial charge in [0.05, 0.1) is 0 Å². The molecular formula is C20H31F2N5O2. The Balaban J connectivity index is 1.96. The van der Waals surface area contributed by atoms with Crippen LogP contribution in [0, 0.1) is 11.6 Å². The lowest BCUT2D eigenvalue weighted by molar-refractivity contribution is -0.127. The number of nitrogens with one attached hydrogen (secondary N) is 2. The van der Waals surface area contributed by atoms with Gasteiger partial charge in [-0.05, 0) is 31.9 Å². The van der Waals surface area contributed by atoms with Gasteiger partial charge >= 0.3 is 0 Å². The van der Waals surface area contributed by atoms with E-state index in [2.05, 4.69) is 15.6 Å². The molecule has 1 unspecified atom stereocenters. The Morgan fingerprint density at radius 3 is 2.72 bits per heavy atom. The first-order valence-corrected chi connectivity index (χ1v) is 9.94. The van der Waals surface area contributed by atoms with E-state index in [0.29, 0.717) is 45.2 Å². The summed E-state index contributed by atoms with van der Waals surface area (Å²) in [7, 11) is 3.36. The number of carbonyl (C=O) groups is 1. The lowest BCUT2D eigenvalue weighted by atomic mass is 10.2. The van der Waals surface area contributed by atoms with Gasteiger partial charge in [0.25, 0.3) is 0 Å². The standard InChI is InChI=1S/C20H31F2N5O2/c1-4-29-12-6-10-23-20(24-13-18(28)26(2)3)25-15-9-11-27(14-15)19-16(21)7-5-8-17(19)22/h5,7-8,15H,4,6,9-14H2,1-3H3,(H2,23,24,25). The predicted molar refractivity (Wildman–Crippen MR) is 110 cm³/mol. The fraction of sp³-hybridized carbons (Fsp3) is 0.600. The molecule has 9 heteroatoms. The van der Waals surface area contributed by atoms with Gasteiger partial charge in [-0.3, -0.25) is 4.79 Å². The third-order valence-electron chi connectivity index (χ3n) is 4.62. The van der Waals surface area contributed by atoms with Gasteiger partial charge in [0, 0.05) is 53.0 Å². The van der Waals surface area contributed by atoms with Crippen molar-refractivity contribution < 1.29 is 18.3 Å². The molecule has 1 aliphatic heterocycles. The molecule has 1 aromatic carbocycles. The van der Waals surface area contributed by atoms with Crippen LogP contribution >= 0.6 is 0 Å². The van der Waals surface area contributed by atoms with Crippen LogP contribution in [0.15, 0.2) is 23.2 Å². The summed E-state index contributed by atoms with van der Waals surface area (Å²) >= 11 is 0. The van der Waals surface area contributed by atoms with E-state index >= 15 is 0 Å². The minimum Gasteiger partial charge on any atom is -0.382 e. The highest BCUT2D eigenvalue weighted by molar-refractivity contribution is 5.85. The summed E-state index contributed by atoms with van der Waals surface area (Å²) < 4.78 is 33.4. The normalized spacial score (nSPS) is 16.8. The van der Waals surface area contributed by atoms with Crippen LogP contribution in [0.25, 0.3) is 0 Å². The molecule has 1 aliphatic rings. The number of guanidine groups is 1. The quantitative estimate of drug-likeness (QED) is 0.367. The maximum absolute atomic E-state index is 14.1. The molecule has 0 radical (unpaired) electrons. The van der Waals surface area contributed by atoms with Gasteiger partial charge in [0.2, 0.25) is 5.91 Å². The van der Waals surface area contributed by atoms with E-state index in [1.165, 1.54) is 23.1 Å². The third-order valence-corrected chi connectivity index (χ3v) is 4.62. The first kappa shape index (κ1) is 22.9. The van der Waals surface area contributed by atoms with Crippen molar-refractivity contribution >= 4 is 17.6 Å². The highest BCUT2D eigenvalue weighted by Gasteiger charge is 2.27. The SMILES string of the molecule is CCOCCCNC(=NCC(=O)N(C)C)NC1CCN(c2c(F)cccc2F)C1. The summed E-state index contributed by atoms with van der Waals surface area (Å²) in [5.74, 6) is -0.727. The lowest BCUT2D eigenvalue weighted by Gasteiger charge is -2.21. The molecule has 0 saturated carbocycles. The number of aliphatic imine (C=N–C) groups is 1. The van der Waals surface area contributed by atoms with Gasteiger partial charge in [-0.1, -0.05) is 6.07 Å². The Morgan fingerprint density at radius 1 is 1.34 bits per heavy atom. The van der Waals surface area contributed by atoms with Crippen molar-refractivity contribution in [1.82, 2.24) is 15.5 Å². The minimum absolute atomic E-state index is 0.00254. The maximum atomic E-state index is 14.1. The molecule has 0 bridgehead atoms. The molecule has 29 heavy (non-hydrogen) atoms. The van der Waals surface area contributed by atoms with Crippen molar-refractivity contribution in [3.8, 4) is 0 Å². The Kier molecular flexibility index (Phi) is 9.11. The van der Waals surface area contributed by atoms with E-state index in [9.17, 15) is 13.6 Å². The van der Waals surface area contributed by atoms with E-state index in [1.54, 1.807) is 19.0 Å². The van der Waals surface area contributed by atoms with Crippen LogP contribution < -0.4 is 15.5 Å². The second kappa shape index (κ2) is 11.5. The number of halogens is 2. The number of rotatable bonds is 9. The zero-order valence-corrected chi connectivity index (χ0v) is 17.4. The smallest absolute Gasteiger partial charge is 0.243 e. The number of nitrogens with zero attached hydrogens (tertiary/aromatic N) is 3. The topological polar surface area (TPSA) is 69.2 Å². The van der Waals surface area contributed by atoms with Crippen LogP contribution in [-0.4, -0.2) is 76.3 Å². The Labute approximate surface area is 171 Å². The Morgan fingerprint density at radius 2 is 2.07 bits per heavy atom. The number of para-hydroxylation sites is 1. The van der Waals surface area contributed by atoms with E-state index in [4.69, 9.17) is 4.74 Å². The number of hydrogen-bond acceptors (Lipinski definition) is 4. The summed E-state index contributed by atoms with van der Waals surface area (Å²) in [5.41, 5.74) is 0.00254. The van der Waals surface area contributed by atoms with Gasteiger partial charge in [0.1, 0.15) is 23.9 Å². The molecule has 1 atom stereocenters. The summed E-state index contributed by atoms with van der Waals surface area (Å²) in [4.78, 5) is 19.4. The Hall–Kier alpha value is -2.42. The summed E-state index contributed by atoms with van der Waals surface area (Å²) in [6.45, 7) is 4.88. The average Bonchev–Trinajstić information content (AvgIpc) is 3.13. The van der Waals surface area contributed by atoms with Gasteiger partial charge in [-0.15, -0.1) is 0 Å². The molecule has 2 rings (SSSR count). The minimum atomic E-state index is -0.565. The van der Waals surface area contributed by atoms with Crippen LogP contribution in [0.2, 0.25) is 0 Å². The van der Waals surface area contributed by atoms with Crippen molar-refractivity contribution in [3.63, 3.8) is 0 Å². The number of hydrogen-bond donors (Lipinski definition) is 2. The summed E-state index contributed by atoms with van der Waals surface area (Å²) in [6, 6.07) is 3.85. The van der Waals surface area contributed by atoms with Gasteiger partial charge in [-0.2, -0.15) is 0 Å². The average molecular weight is 411 g/mol. The van der Waals surface area contributed by atoms with E-state index in [-0.39, 0.29) is 24.2 Å². The molecule has 1 amide bonds. The van der Waals surface area contributed by atoms with E-state index in [1.807, 2.05) is 6.92 Å². The largest absolute Gasteiger partial charge is 0.382 e. The van der Waals surface area contributed by atoms with Crippen LogP contribution in [0.3, 0.4) is 0 Å². The van der Waals surface area contributed by atoms with Gasteiger partial charge < -0.3 is 25.2 Å². The summed E-state index contributed by atoms with van der Waals surface area (Å²) in [5, 5.41) is 6.48. The van der Waals surface area contributed by atoms with Crippen LogP contribution in [0.5, 0.6) is 0 Å². The Bertz CT molecular complexity index is 679. The van der Waals surface area contributed by atoms with Crippen molar-refractivity contribution in [1.29, 1.82) is 0 Å². The highest BCUT2D eigenvalue weighted by atomic mass is 19.1. The number of benzene rings is 1. The molecule has 7 nitrogen and oxygen atoms in total. The molecule has 162 valence electrons. The maximum Gasteiger partial charge on any atom is 0.243 e. The zero-order chi connectivity index (χ0) is 21.2. The molecular weight excluding hydrogens is 380 g/mol. The number of likely N-dealkylation sites (N-methyl/N-ethyl adjacent to an activating group) is 1. The van der Waals surface area contributed by atoms with Crippen molar-refractivity contribution in [2.75, 3.05) is 58.4 Å². The van der Waals surface area contributed by atoms with Gasteiger partial charge in [0.15, 0.2) is 5.96 Å². The molecule has 0 aromatic heterocycles. The number of carbonyl (C=O) groups excluding carboxylic acids is 1. The molecule has 0 spiro atoms. The number of anilines is 1. The third kappa shape index (κ3) is 7.16. The molecule has 1 saturated heterocycles. The highest BCUT2D eigenvalue weighted by Crippen LogP contribution is 2.26. The van der Waals surface area contributed by atoms with Crippen molar-refractivity contribution in [3.05, 3.63) is 29.8 Å². The molecule has 1 heterocycles. The van der Waals surface area contributed by atoms with E-state index in [0.717, 1.165) is 6.42 Å². The van der Waals surface area contributed by atoms with Crippen molar-refractivity contribution in [2.45, 2.75) is 25.8 Å². The van der Waals surface area contributed by atoms with E-state index < -0.39 is 11.6 Å². The molecule has 1 fully saturated rings. The second-order valence-corrected chi connectivity index (χ2v) is 7.08. The second-order valence-electron chi connectivity index (χ2n) is 7.08. The predicted octanol–water partition coefficient (Wildman–Crippen LogP) is 1.59. The monoisotopic (exact) mass is 411 g/mol. The van der Waals surface area contributed by atoms with Gasteiger partial charge in [-0.25, -0.2) is 13.8 Å². The molecule has 1 aromatic rings.